The summed E-state index contributed by atoms with van der Waals surface area (Å²) in [5, 5.41) is 6.96. The van der Waals surface area contributed by atoms with Gasteiger partial charge in [-0.25, -0.2) is 0 Å². The summed E-state index contributed by atoms with van der Waals surface area (Å²) in [7, 11) is 0. The van der Waals surface area contributed by atoms with Gasteiger partial charge in [0.15, 0.2) is 0 Å². The summed E-state index contributed by atoms with van der Waals surface area (Å²) >= 11 is 0. The Bertz CT molecular complexity index is 156. The first-order valence-corrected chi connectivity index (χ1v) is 3.50. The van der Waals surface area contributed by atoms with E-state index in [4.69, 9.17) is 5.41 Å². The highest BCUT2D eigenvalue weighted by Crippen LogP contribution is 2.06. The Morgan fingerprint density at radius 2 is 2.50 bits per heavy atom. The van der Waals surface area contributed by atoms with Crippen molar-refractivity contribution >= 4 is 12.0 Å². The smallest absolute Gasteiger partial charge is 0.148 e. The Labute approximate surface area is 60.5 Å². The average molecular weight is 140 g/mol. The summed E-state index contributed by atoms with van der Waals surface area (Å²) in [4.78, 5) is 12.8. The molecule has 0 aromatic heterocycles. The van der Waals surface area contributed by atoms with Crippen molar-refractivity contribution in [2.45, 2.75) is 19.4 Å². The lowest BCUT2D eigenvalue weighted by Gasteiger charge is -2.17. The zero-order chi connectivity index (χ0) is 7.56. The second kappa shape index (κ2) is 2.92. The molecule has 0 radical (unpaired) electrons. The van der Waals surface area contributed by atoms with Crippen molar-refractivity contribution in [2.75, 3.05) is 13.1 Å². The zero-order valence-corrected chi connectivity index (χ0v) is 6.13. The van der Waals surface area contributed by atoms with Gasteiger partial charge in [-0.15, -0.1) is 0 Å². The largest absolute Gasteiger partial charge is 0.311 e. The fraction of sp³-hybridized carbons (Fsp3) is 0.714. The molecule has 1 fully saturated rings. The van der Waals surface area contributed by atoms with Crippen LogP contribution in [0.4, 0.5) is 0 Å². The van der Waals surface area contributed by atoms with E-state index in [-0.39, 0.29) is 6.04 Å². The van der Waals surface area contributed by atoms with Crippen LogP contribution in [0.2, 0.25) is 0 Å². The van der Waals surface area contributed by atoms with Crippen LogP contribution in [0.3, 0.4) is 0 Å². The van der Waals surface area contributed by atoms with Gasteiger partial charge < -0.3 is 5.41 Å². The highest BCUT2D eigenvalue weighted by Gasteiger charge is 2.21. The molecule has 0 spiro atoms. The first kappa shape index (κ1) is 7.41. The van der Waals surface area contributed by atoms with Crippen molar-refractivity contribution in [1.82, 2.24) is 4.90 Å². The van der Waals surface area contributed by atoms with Gasteiger partial charge in [0.05, 0.1) is 6.54 Å². The molecule has 3 heteroatoms. The predicted molar refractivity (Wildman–Crippen MR) is 39.4 cm³/mol. The molecule has 1 rings (SSSR count). The number of rotatable bonds is 2. The number of hydrogen-bond donors (Lipinski definition) is 1. The number of nitrogens with one attached hydrogen (secondary N) is 1. The van der Waals surface area contributed by atoms with Crippen molar-refractivity contribution in [1.29, 1.82) is 5.41 Å². The fourth-order valence-electron chi connectivity index (χ4n) is 1.11. The Balaban J connectivity index is 2.43. The highest BCUT2D eigenvalue weighted by atomic mass is 16.1. The van der Waals surface area contributed by atoms with Crippen LogP contribution in [-0.2, 0) is 4.79 Å². The first-order valence-electron chi connectivity index (χ1n) is 3.50. The van der Waals surface area contributed by atoms with Crippen LogP contribution in [0.5, 0.6) is 0 Å². The summed E-state index contributed by atoms with van der Waals surface area (Å²) < 4.78 is 0. The topological polar surface area (TPSA) is 44.2 Å². The van der Waals surface area contributed by atoms with E-state index in [1.165, 1.54) is 6.21 Å². The summed E-state index contributed by atoms with van der Waals surface area (Å²) in [6.07, 6.45) is 2.04. The van der Waals surface area contributed by atoms with Crippen molar-refractivity contribution in [3.63, 3.8) is 0 Å². The lowest BCUT2D eigenvalue weighted by Crippen LogP contribution is -2.31. The van der Waals surface area contributed by atoms with Gasteiger partial charge >= 0.3 is 0 Å². The van der Waals surface area contributed by atoms with Crippen LogP contribution < -0.4 is 0 Å². The molecule has 1 aliphatic heterocycles. The number of hydrogen-bond acceptors (Lipinski definition) is 3. The summed E-state index contributed by atoms with van der Waals surface area (Å²) in [6.45, 7) is 3.30. The molecule has 0 aliphatic carbocycles. The van der Waals surface area contributed by atoms with E-state index >= 15 is 0 Å². The fourth-order valence-corrected chi connectivity index (χ4v) is 1.11. The third kappa shape index (κ3) is 1.42. The number of nitrogens with zero attached hydrogens (tertiary/aromatic N) is 1. The maximum Gasteiger partial charge on any atom is 0.148 e. The van der Waals surface area contributed by atoms with Crippen LogP contribution in [0.25, 0.3) is 0 Å². The first-order chi connectivity index (χ1) is 4.74. The van der Waals surface area contributed by atoms with Crippen LogP contribution >= 0.6 is 0 Å². The van der Waals surface area contributed by atoms with E-state index in [9.17, 15) is 4.79 Å². The standard InChI is InChI=1S/C7H12N2O/c1-6(4-8)9-3-2-7(10)5-9/h4,6,8H,2-3,5H2,1H3. The van der Waals surface area contributed by atoms with Crippen molar-refractivity contribution in [3.05, 3.63) is 0 Å². The molecule has 1 atom stereocenters. The number of Topliss-reactive ketones (excluding diaryl/α,β-unsaturated/α-hetero) is 1. The molecule has 56 valence electrons. The minimum atomic E-state index is 0.131. The van der Waals surface area contributed by atoms with Gasteiger partial charge in [0.25, 0.3) is 0 Å². The molecular formula is C7H12N2O. The molecule has 0 aromatic rings. The molecule has 0 saturated carbocycles. The second-order valence-electron chi connectivity index (χ2n) is 2.67. The van der Waals surface area contributed by atoms with Gasteiger partial charge in [0.2, 0.25) is 0 Å². The molecular weight excluding hydrogens is 128 g/mol. The van der Waals surface area contributed by atoms with E-state index in [1.807, 2.05) is 11.8 Å². The molecule has 1 saturated heterocycles. The van der Waals surface area contributed by atoms with Crippen LogP contribution in [0, 0.1) is 5.41 Å². The minimum Gasteiger partial charge on any atom is -0.311 e. The average Bonchev–Trinajstić information content (AvgIpc) is 2.34. The highest BCUT2D eigenvalue weighted by molar-refractivity contribution is 5.83. The van der Waals surface area contributed by atoms with E-state index < -0.39 is 0 Å². The Kier molecular flexibility index (Phi) is 2.17. The van der Waals surface area contributed by atoms with Gasteiger partial charge in [-0.1, -0.05) is 0 Å². The SMILES string of the molecule is CC(C=N)N1CCC(=O)C1. The van der Waals surface area contributed by atoms with E-state index in [0.29, 0.717) is 18.7 Å². The Morgan fingerprint density at radius 3 is 2.90 bits per heavy atom. The monoisotopic (exact) mass is 140 g/mol. The van der Waals surface area contributed by atoms with Gasteiger partial charge in [0, 0.05) is 25.2 Å². The van der Waals surface area contributed by atoms with E-state index in [1.54, 1.807) is 0 Å². The van der Waals surface area contributed by atoms with Gasteiger partial charge in [-0.3, -0.25) is 9.69 Å². The van der Waals surface area contributed by atoms with Crippen LogP contribution in [0.1, 0.15) is 13.3 Å². The number of ketones is 1. The Hall–Kier alpha value is -0.700. The molecule has 0 aromatic carbocycles. The zero-order valence-electron chi connectivity index (χ0n) is 6.13. The maximum atomic E-state index is 10.8. The number of carbonyl (C=O) groups is 1. The van der Waals surface area contributed by atoms with Crippen molar-refractivity contribution in [2.24, 2.45) is 0 Å². The third-order valence-corrected chi connectivity index (χ3v) is 1.87. The van der Waals surface area contributed by atoms with Crippen LogP contribution in [-0.4, -0.2) is 36.0 Å². The normalized spacial score (nSPS) is 23.1. The summed E-state index contributed by atoms with van der Waals surface area (Å²) in [6, 6.07) is 0.131. The van der Waals surface area contributed by atoms with Gasteiger partial charge in [-0.2, -0.15) is 0 Å². The number of carbonyl (C=O) groups excluding carboxylic acids is 1. The molecule has 0 amide bonds. The van der Waals surface area contributed by atoms with Crippen molar-refractivity contribution in [3.8, 4) is 0 Å². The molecule has 1 N–H and O–H groups in total. The second-order valence-corrected chi connectivity index (χ2v) is 2.67. The number of likely N-dealkylation sites (tertiary alicyclic amines) is 1. The maximum absolute atomic E-state index is 10.8. The molecule has 3 nitrogen and oxygen atoms in total. The molecule has 0 bridgehead atoms. The predicted octanol–water partition coefficient (Wildman–Crippen LogP) is 0.299. The molecule has 1 heterocycles. The van der Waals surface area contributed by atoms with E-state index in [0.717, 1.165) is 6.54 Å². The molecule has 1 aliphatic rings. The minimum absolute atomic E-state index is 0.131. The van der Waals surface area contributed by atoms with Gasteiger partial charge in [-0.05, 0) is 6.92 Å². The third-order valence-electron chi connectivity index (χ3n) is 1.87. The molecule has 10 heavy (non-hydrogen) atoms. The summed E-state index contributed by atoms with van der Waals surface area (Å²) in [5.74, 6) is 0.300. The van der Waals surface area contributed by atoms with E-state index in [2.05, 4.69) is 0 Å². The summed E-state index contributed by atoms with van der Waals surface area (Å²) in [5.41, 5.74) is 0. The van der Waals surface area contributed by atoms with Crippen LogP contribution in [0.15, 0.2) is 0 Å². The lowest BCUT2D eigenvalue weighted by molar-refractivity contribution is -0.116. The van der Waals surface area contributed by atoms with Crippen molar-refractivity contribution < 1.29 is 4.79 Å². The Morgan fingerprint density at radius 1 is 1.80 bits per heavy atom. The lowest BCUT2D eigenvalue weighted by atomic mass is 10.3. The quantitative estimate of drug-likeness (QED) is 0.560. The van der Waals surface area contributed by atoms with Gasteiger partial charge in [0.1, 0.15) is 5.78 Å². The molecule has 1 unspecified atom stereocenters.